The van der Waals surface area contributed by atoms with Crippen LogP contribution in [0.3, 0.4) is 0 Å². The summed E-state index contributed by atoms with van der Waals surface area (Å²) in [4.78, 5) is 78.5. The Labute approximate surface area is 212 Å². The van der Waals surface area contributed by atoms with E-state index in [0.29, 0.717) is 25.1 Å². The highest BCUT2D eigenvalue weighted by molar-refractivity contribution is 5.95. The number of carboxylic acid groups (broad SMARTS) is 2. The van der Waals surface area contributed by atoms with Crippen molar-refractivity contribution in [2.75, 3.05) is 6.54 Å². The predicted octanol–water partition coefficient (Wildman–Crippen LogP) is -3.31. The number of aromatic nitrogens is 2. The minimum atomic E-state index is -1.41. The lowest BCUT2D eigenvalue weighted by molar-refractivity contribution is -0.142. The highest BCUT2D eigenvalue weighted by Gasteiger charge is 2.31. The number of hydrogen-bond donors (Lipinski definition) is 9. The molecule has 1 rings (SSSR count). The normalized spacial score (nSPS) is 14.0. The Kier molecular flexibility index (Phi) is 13.3. The fraction of sp³-hybridized carbons (Fsp3) is 0.571. The zero-order valence-electron chi connectivity index (χ0n) is 20.1. The van der Waals surface area contributed by atoms with Crippen LogP contribution in [0.5, 0.6) is 0 Å². The van der Waals surface area contributed by atoms with Crippen molar-refractivity contribution in [3.8, 4) is 0 Å². The number of amides is 4. The van der Waals surface area contributed by atoms with Crippen molar-refractivity contribution < 1.29 is 39.0 Å². The number of rotatable bonds is 18. The second kappa shape index (κ2) is 15.8. The fourth-order valence-corrected chi connectivity index (χ4v) is 3.25. The smallest absolute Gasteiger partial charge is 0.326 e. The zero-order valence-corrected chi connectivity index (χ0v) is 20.1. The van der Waals surface area contributed by atoms with Crippen LogP contribution in [0.1, 0.15) is 44.2 Å². The van der Waals surface area contributed by atoms with Crippen LogP contribution in [0.4, 0.5) is 0 Å². The first-order chi connectivity index (χ1) is 17.4. The Hall–Kier alpha value is -4.05. The number of carbonyl (C=O) groups excluding carboxylic acids is 4. The van der Waals surface area contributed by atoms with E-state index in [-0.39, 0.29) is 19.3 Å². The second-order valence-electron chi connectivity index (χ2n) is 8.30. The fourth-order valence-electron chi connectivity index (χ4n) is 3.25. The summed E-state index contributed by atoms with van der Waals surface area (Å²) in [6.45, 7) is 0.314. The van der Waals surface area contributed by atoms with E-state index in [9.17, 15) is 33.9 Å². The molecule has 12 N–H and O–H groups in total. The third kappa shape index (κ3) is 12.0. The van der Waals surface area contributed by atoms with E-state index in [4.69, 9.17) is 22.3 Å². The average molecular weight is 527 g/mol. The first kappa shape index (κ1) is 31.0. The Morgan fingerprint density at radius 2 is 1.51 bits per heavy atom. The molecule has 0 aliphatic heterocycles. The Balaban J connectivity index is 3.01. The van der Waals surface area contributed by atoms with Crippen LogP contribution in [-0.2, 0) is 35.2 Å². The molecule has 0 aromatic carbocycles. The number of aliphatic carboxylic acids is 2. The first-order valence-corrected chi connectivity index (χ1v) is 11.5. The molecule has 0 saturated heterocycles. The molecule has 37 heavy (non-hydrogen) atoms. The largest absolute Gasteiger partial charge is 0.481 e. The lowest BCUT2D eigenvalue weighted by Gasteiger charge is -2.25. The topological polar surface area (TPSA) is 286 Å². The van der Waals surface area contributed by atoms with E-state index >= 15 is 0 Å². The number of nitrogens with zero attached hydrogens (tertiary/aromatic N) is 1. The van der Waals surface area contributed by atoms with Gasteiger partial charge in [0, 0.05) is 24.7 Å². The van der Waals surface area contributed by atoms with Crippen molar-refractivity contribution in [1.82, 2.24) is 25.9 Å². The Bertz CT molecular complexity index is 939. The molecule has 206 valence electrons. The number of unbranched alkanes of at least 4 members (excludes halogenated alkanes) is 1. The number of primary amides is 1. The molecule has 1 aromatic rings. The van der Waals surface area contributed by atoms with Crippen LogP contribution < -0.4 is 33.2 Å². The van der Waals surface area contributed by atoms with E-state index in [0.717, 1.165) is 0 Å². The molecule has 4 atom stereocenters. The molecular formula is C21H34N8O8. The third-order valence-corrected chi connectivity index (χ3v) is 5.21. The van der Waals surface area contributed by atoms with E-state index < -0.39 is 72.6 Å². The lowest BCUT2D eigenvalue weighted by Crippen LogP contribution is -2.57. The molecule has 16 nitrogen and oxygen atoms in total. The number of aromatic amines is 1. The summed E-state index contributed by atoms with van der Waals surface area (Å²) in [5.74, 6) is -6.02. The minimum Gasteiger partial charge on any atom is -0.481 e. The number of carboxylic acids is 2. The SMILES string of the molecule is NCCCCC(NC(=O)C(CCC(=O)O)NC(=O)C(N)CC(N)=O)C(=O)NC(Cc1cnc[nH]1)C(=O)O. The lowest BCUT2D eigenvalue weighted by atomic mass is 10.0. The van der Waals surface area contributed by atoms with Crippen molar-refractivity contribution in [1.29, 1.82) is 0 Å². The molecular weight excluding hydrogens is 492 g/mol. The second-order valence-corrected chi connectivity index (χ2v) is 8.30. The minimum absolute atomic E-state index is 0.0892. The summed E-state index contributed by atoms with van der Waals surface area (Å²) >= 11 is 0. The molecule has 0 spiro atoms. The van der Waals surface area contributed by atoms with Crippen molar-refractivity contribution in [3.63, 3.8) is 0 Å². The van der Waals surface area contributed by atoms with Gasteiger partial charge in [-0.1, -0.05) is 0 Å². The van der Waals surface area contributed by atoms with Gasteiger partial charge in [-0.25, -0.2) is 9.78 Å². The maximum atomic E-state index is 13.0. The van der Waals surface area contributed by atoms with Gasteiger partial charge in [0.05, 0.1) is 18.8 Å². The number of hydrogen-bond acceptors (Lipinski definition) is 9. The maximum Gasteiger partial charge on any atom is 0.326 e. The van der Waals surface area contributed by atoms with Gasteiger partial charge in [-0.15, -0.1) is 0 Å². The Morgan fingerprint density at radius 3 is 2.03 bits per heavy atom. The first-order valence-electron chi connectivity index (χ1n) is 11.5. The van der Waals surface area contributed by atoms with Crippen LogP contribution in [0, 0.1) is 0 Å². The molecule has 0 saturated carbocycles. The van der Waals surface area contributed by atoms with E-state index in [2.05, 4.69) is 25.9 Å². The standard InChI is InChI=1S/C21H34N8O8/c22-6-2-1-3-13(19(34)29-15(21(36)37)7-11-9-25-10-26-11)28-20(35)14(4-5-17(31)32)27-18(33)12(23)8-16(24)30/h9-10,12-15H,1-8,22-23H2,(H2,24,30)(H,25,26)(H,27,33)(H,28,35)(H,29,34)(H,31,32)(H,36,37). The van der Waals surface area contributed by atoms with Gasteiger partial charge in [-0.2, -0.15) is 0 Å². The molecule has 0 fully saturated rings. The number of imidazole rings is 1. The van der Waals surface area contributed by atoms with Crippen LogP contribution in [0.2, 0.25) is 0 Å². The maximum absolute atomic E-state index is 13.0. The van der Waals surface area contributed by atoms with Gasteiger partial charge in [-0.3, -0.25) is 24.0 Å². The molecule has 4 unspecified atom stereocenters. The van der Waals surface area contributed by atoms with Gasteiger partial charge in [0.25, 0.3) is 0 Å². The number of carbonyl (C=O) groups is 6. The number of H-pyrrole nitrogens is 1. The summed E-state index contributed by atoms with van der Waals surface area (Å²) in [5, 5.41) is 25.6. The molecule has 0 bridgehead atoms. The van der Waals surface area contributed by atoms with E-state index in [1.54, 1.807) is 0 Å². The van der Waals surface area contributed by atoms with Crippen LogP contribution in [0.15, 0.2) is 12.5 Å². The van der Waals surface area contributed by atoms with Crippen LogP contribution >= 0.6 is 0 Å². The number of nitrogens with two attached hydrogens (primary N) is 3. The predicted molar refractivity (Wildman–Crippen MR) is 127 cm³/mol. The molecule has 0 aliphatic rings. The quantitative estimate of drug-likeness (QED) is 0.0853. The molecule has 1 aromatic heterocycles. The van der Waals surface area contributed by atoms with Crippen LogP contribution in [0.25, 0.3) is 0 Å². The van der Waals surface area contributed by atoms with Gasteiger partial charge in [0.2, 0.25) is 23.6 Å². The summed E-state index contributed by atoms with van der Waals surface area (Å²) in [6.07, 6.45) is 2.32. The van der Waals surface area contributed by atoms with Gasteiger partial charge >= 0.3 is 11.9 Å². The van der Waals surface area contributed by atoms with E-state index in [1.807, 2.05) is 0 Å². The van der Waals surface area contributed by atoms with Crippen molar-refractivity contribution in [3.05, 3.63) is 18.2 Å². The molecule has 16 heteroatoms. The summed E-state index contributed by atoms with van der Waals surface area (Å²) in [6, 6.07) is -5.34. The summed E-state index contributed by atoms with van der Waals surface area (Å²) < 4.78 is 0. The zero-order chi connectivity index (χ0) is 28.0. The van der Waals surface area contributed by atoms with Gasteiger partial charge in [0.1, 0.15) is 18.1 Å². The van der Waals surface area contributed by atoms with Gasteiger partial charge in [-0.05, 0) is 32.2 Å². The number of nitrogens with one attached hydrogen (secondary N) is 4. The highest BCUT2D eigenvalue weighted by Crippen LogP contribution is 2.07. The highest BCUT2D eigenvalue weighted by atomic mass is 16.4. The molecule has 0 radical (unpaired) electrons. The summed E-state index contributed by atoms with van der Waals surface area (Å²) in [7, 11) is 0. The van der Waals surface area contributed by atoms with Crippen molar-refractivity contribution in [2.24, 2.45) is 17.2 Å². The molecule has 4 amide bonds. The summed E-state index contributed by atoms with van der Waals surface area (Å²) in [5.41, 5.74) is 16.6. The van der Waals surface area contributed by atoms with Gasteiger partial charge in [0.15, 0.2) is 0 Å². The van der Waals surface area contributed by atoms with E-state index in [1.165, 1.54) is 12.5 Å². The monoisotopic (exact) mass is 526 g/mol. The molecule has 1 heterocycles. The van der Waals surface area contributed by atoms with Crippen LogP contribution in [-0.4, -0.2) is 86.5 Å². The van der Waals surface area contributed by atoms with Gasteiger partial charge < -0.3 is 48.3 Å². The third-order valence-electron chi connectivity index (χ3n) is 5.21. The molecule has 0 aliphatic carbocycles. The Morgan fingerprint density at radius 1 is 0.919 bits per heavy atom. The van der Waals surface area contributed by atoms with Crippen molar-refractivity contribution >= 4 is 35.6 Å². The average Bonchev–Trinajstić information content (AvgIpc) is 3.32. The van der Waals surface area contributed by atoms with Crippen molar-refractivity contribution in [2.45, 2.75) is 69.1 Å².